The van der Waals surface area contributed by atoms with Crippen LogP contribution in [0.1, 0.15) is 32.3 Å². The Morgan fingerprint density at radius 1 is 1.35 bits per heavy atom. The number of hydrogen-bond acceptors (Lipinski definition) is 3. The van der Waals surface area contributed by atoms with Crippen LogP contribution in [0.3, 0.4) is 0 Å². The average Bonchev–Trinajstić information content (AvgIpc) is 2.92. The van der Waals surface area contributed by atoms with Gasteiger partial charge in [0.25, 0.3) is 0 Å². The Balaban J connectivity index is 1.51. The van der Waals surface area contributed by atoms with E-state index in [1.165, 1.54) is 5.56 Å². The zero-order valence-corrected chi connectivity index (χ0v) is 12.5. The molecule has 3 heterocycles. The number of rotatable bonds is 4. The molecule has 0 radical (unpaired) electrons. The van der Waals surface area contributed by atoms with Crippen LogP contribution in [0.2, 0.25) is 0 Å². The first-order valence-electron chi connectivity index (χ1n) is 7.62. The molecule has 0 aliphatic carbocycles. The molecule has 0 atom stereocenters. The maximum absolute atomic E-state index is 12.4. The molecule has 1 spiro atoms. The highest BCUT2D eigenvalue weighted by Crippen LogP contribution is 2.42. The Bertz CT molecular complexity index is 459. The summed E-state index contributed by atoms with van der Waals surface area (Å²) in [5.74, 6) is 0.964. The SMILES string of the molecule is CC(C)CN1CC2(CCN(Cc3ccoc3)CC2)C1=O. The molecule has 20 heavy (non-hydrogen) atoms. The van der Waals surface area contributed by atoms with Gasteiger partial charge >= 0.3 is 0 Å². The lowest BCUT2D eigenvalue weighted by Crippen LogP contribution is -2.65. The molecule has 2 fully saturated rings. The van der Waals surface area contributed by atoms with E-state index in [0.29, 0.717) is 11.8 Å². The number of amides is 1. The molecule has 1 aromatic heterocycles. The lowest BCUT2D eigenvalue weighted by molar-refractivity contribution is -0.166. The van der Waals surface area contributed by atoms with E-state index in [1.807, 2.05) is 17.2 Å². The monoisotopic (exact) mass is 276 g/mol. The Hall–Kier alpha value is -1.29. The van der Waals surface area contributed by atoms with Crippen LogP contribution < -0.4 is 0 Å². The van der Waals surface area contributed by atoms with Crippen molar-refractivity contribution in [1.29, 1.82) is 0 Å². The molecule has 0 saturated carbocycles. The molecule has 1 aromatic rings. The first kappa shape index (κ1) is 13.7. The van der Waals surface area contributed by atoms with Crippen LogP contribution in [-0.2, 0) is 11.3 Å². The smallest absolute Gasteiger partial charge is 0.230 e. The molecule has 0 unspecified atom stereocenters. The summed E-state index contributed by atoms with van der Waals surface area (Å²) < 4.78 is 5.11. The minimum atomic E-state index is -0.0260. The number of carbonyl (C=O) groups is 1. The average molecular weight is 276 g/mol. The number of nitrogens with zero attached hydrogens (tertiary/aromatic N) is 2. The maximum Gasteiger partial charge on any atom is 0.230 e. The van der Waals surface area contributed by atoms with Crippen LogP contribution in [0.15, 0.2) is 23.0 Å². The molecule has 0 aromatic carbocycles. The van der Waals surface area contributed by atoms with Gasteiger partial charge in [0.2, 0.25) is 5.91 Å². The number of carbonyl (C=O) groups excluding carboxylic acids is 1. The summed E-state index contributed by atoms with van der Waals surface area (Å²) in [5, 5.41) is 0. The van der Waals surface area contributed by atoms with Gasteiger partial charge in [-0.05, 0) is 37.9 Å². The lowest BCUT2D eigenvalue weighted by Gasteiger charge is -2.53. The highest BCUT2D eigenvalue weighted by atomic mass is 16.3. The minimum absolute atomic E-state index is 0.0260. The maximum atomic E-state index is 12.4. The third-order valence-electron chi connectivity index (χ3n) is 4.62. The van der Waals surface area contributed by atoms with E-state index in [4.69, 9.17) is 4.42 Å². The molecule has 0 N–H and O–H groups in total. The minimum Gasteiger partial charge on any atom is -0.472 e. The van der Waals surface area contributed by atoms with Gasteiger partial charge in [0, 0.05) is 25.2 Å². The zero-order valence-electron chi connectivity index (χ0n) is 12.5. The highest BCUT2D eigenvalue weighted by Gasteiger charge is 2.52. The Morgan fingerprint density at radius 2 is 2.10 bits per heavy atom. The van der Waals surface area contributed by atoms with Gasteiger partial charge in [-0.3, -0.25) is 9.69 Å². The first-order valence-corrected chi connectivity index (χ1v) is 7.62. The second kappa shape index (κ2) is 5.24. The van der Waals surface area contributed by atoms with Crippen molar-refractivity contribution in [2.24, 2.45) is 11.3 Å². The zero-order chi connectivity index (χ0) is 14.2. The first-order chi connectivity index (χ1) is 9.59. The van der Waals surface area contributed by atoms with Gasteiger partial charge in [-0.25, -0.2) is 0 Å². The van der Waals surface area contributed by atoms with Gasteiger partial charge in [0.1, 0.15) is 0 Å². The fraction of sp³-hybridized carbons (Fsp3) is 0.688. The van der Waals surface area contributed by atoms with Crippen LogP contribution in [0, 0.1) is 11.3 Å². The second-order valence-electron chi connectivity index (χ2n) is 6.77. The van der Waals surface area contributed by atoms with E-state index in [1.54, 1.807) is 6.26 Å². The van der Waals surface area contributed by atoms with E-state index in [-0.39, 0.29) is 5.41 Å². The third kappa shape index (κ3) is 2.49. The van der Waals surface area contributed by atoms with Crippen molar-refractivity contribution in [1.82, 2.24) is 9.80 Å². The van der Waals surface area contributed by atoms with E-state index in [0.717, 1.165) is 45.6 Å². The van der Waals surface area contributed by atoms with Gasteiger partial charge in [0.15, 0.2) is 0 Å². The molecule has 3 rings (SSSR count). The van der Waals surface area contributed by atoms with Gasteiger partial charge in [0.05, 0.1) is 17.9 Å². The highest BCUT2D eigenvalue weighted by molar-refractivity contribution is 5.89. The molecule has 2 aliphatic heterocycles. The third-order valence-corrected chi connectivity index (χ3v) is 4.62. The predicted molar refractivity (Wildman–Crippen MR) is 77.1 cm³/mol. The number of furan rings is 1. The largest absolute Gasteiger partial charge is 0.472 e. The summed E-state index contributed by atoms with van der Waals surface area (Å²) >= 11 is 0. The summed E-state index contributed by atoms with van der Waals surface area (Å²) in [6.07, 6.45) is 5.56. The molecule has 110 valence electrons. The predicted octanol–water partition coefficient (Wildman–Crippen LogP) is 2.36. The number of hydrogen-bond donors (Lipinski definition) is 0. The summed E-state index contributed by atoms with van der Waals surface area (Å²) in [5.41, 5.74) is 1.20. The van der Waals surface area contributed by atoms with Crippen molar-refractivity contribution in [3.05, 3.63) is 24.2 Å². The van der Waals surface area contributed by atoms with Crippen molar-refractivity contribution in [3.8, 4) is 0 Å². The quantitative estimate of drug-likeness (QED) is 0.792. The summed E-state index contributed by atoms with van der Waals surface area (Å²) in [4.78, 5) is 16.9. The van der Waals surface area contributed by atoms with Crippen LogP contribution in [0.4, 0.5) is 0 Å². The molecular weight excluding hydrogens is 252 g/mol. The number of β-lactam (4-membered cyclic amide) rings is 1. The Kier molecular flexibility index (Phi) is 3.59. The van der Waals surface area contributed by atoms with Crippen LogP contribution >= 0.6 is 0 Å². The molecule has 4 nitrogen and oxygen atoms in total. The Labute approximate surface area is 120 Å². The second-order valence-corrected chi connectivity index (χ2v) is 6.77. The fourth-order valence-corrected chi connectivity index (χ4v) is 3.49. The normalized spacial score (nSPS) is 22.6. The number of likely N-dealkylation sites (tertiary alicyclic amines) is 2. The van der Waals surface area contributed by atoms with Crippen LogP contribution in [0.5, 0.6) is 0 Å². The molecule has 2 saturated heterocycles. The molecule has 0 bridgehead atoms. The molecule has 4 heteroatoms. The van der Waals surface area contributed by atoms with Gasteiger partial charge in [-0.2, -0.15) is 0 Å². The van der Waals surface area contributed by atoms with Crippen molar-refractivity contribution >= 4 is 5.91 Å². The summed E-state index contributed by atoms with van der Waals surface area (Å²) in [7, 11) is 0. The topological polar surface area (TPSA) is 36.7 Å². The molecule has 2 aliphatic rings. The van der Waals surface area contributed by atoms with Crippen molar-refractivity contribution in [2.45, 2.75) is 33.2 Å². The van der Waals surface area contributed by atoms with E-state index in [9.17, 15) is 4.79 Å². The van der Waals surface area contributed by atoms with Crippen molar-refractivity contribution in [3.63, 3.8) is 0 Å². The van der Waals surface area contributed by atoms with E-state index in [2.05, 4.69) is 18.7 Å². The summed E-state index contributed by atoms with van der Waals surface area (Å²) in [6.45, 7) is 9.22. The number of piperidine rings is 1. The molecular formula is C16H24N2O2. The van der Waals surface area contributed by atoms with Gasteiger partial charge in [-0.15, -0.1) is 0 Å². The standard InChI is InChI=1S/C16H24N2O2/c1-13(2)9-18-12-16(15(18)19)4-6-17(7-5-16)10-14-3-8-20-11-14/h3,8,11,13H,4-7,9-10,12H2,1-2H3. The van der Waals surface area contributed by atoms with Crippen LogP contribution in [0.25, 0.3) is 0 Å². The lowest BCUT2D eigenvalue weighted by atomic mass is 9.70. The summed E-state index contributed by atoms with van der Waals surface area (Å²) in [6, 6.07) is 2.02. The molecule has 1 amide bonds. The van der Waals surface area contributed by atoms with Crippen molar-refractivity contribution < 1.29 is 9.21 Å². The van der Waals surface area contributed by atoms with Gasteiger partial charge in [-0.1, -0.05) is 13.8 Å². The Morgan fingerprint density at radius 3 is 2.65 bits per heavy atom. The van der Waals surface area contributed by atoms with E-state index >= 15 is 0 Å². The van der Waals surface area contributed by atoms with Gasteiger partial charge < -0.3 is 9.32 Å². The van der Waals surface area contributed by atoms with Crippen LogP contribution in [-0.4, -0.2) is 41.9 Å². The fourth-order valence-electron chi connectivity index (χ4n) is 3.49. The van der Waals surface area contributed by atoms with Crippen molar-refractivity contribution in [2.75, 3.05) is 26.2 Å². The van der Waals surface area contributed by atoms with E-state index < -0.39 is 0 Å².